The summed E-state index contributed by atoms with van der Waals surface area (Å²) in [5, 5.41) is 0. The summed E-state index contributed by atoms with van der Waals surface area (Å²) in [7, 11) is 0. The van der Waals surface area contributed by atoms with Crippen molar-refractivity contribution in [3.8, 4) is 0 Å². The molecule has 0 atom stereocenters. The first-order chi connectivity index (χ1) is 7.71. The van der Waals surface area contributed by atoms with Gasteiger partial charge in [0.15, 0.2) is 0 Å². The molecule has 1 aromatic carbocycles. The second kappa shape index (κ2) is 6.55. The van der Waals surface area contributed by atoms with E-state index in [-0.39, 0.29) is 0 Å². The number of aryl methyl sites for hydroxylation is 1. The lowest BCUT2D eigenvalue weighted by Crippen LogP contribution is -2.13. The molecule has 0 radical (unpaired) electrons. The SMILES string of the molecule is CCc1ccc(N=C(N)CSC)cc1CN. The highest BCUT2D eigenvalue weighted by Gasteiger charge is 2.01. The molecule has 0 aliphatic heterocycles. The van der Waals surface area contributed by atoms with Crippen LogP contribution >= 0.6 is 11.8 Å². The fourth-order valence-electron chi connectivity index (χ4n) is 1.56. The number of hydrogen-bond donors (Lipinski definition) is 2. The summed E-state index contributed by atoms with van der Waals surface area (Å²) in [6, 6.07) is 6.09. The van der Waals surface area contributed by atoms with Crippen LogP contribution in [0.15, 0.2) is 23.2 Å². The number of hydrogen-bond acceptors (Lipinski definition) is 3. The molecule has 0 bridgehead atoms. The van der Waals surface area contributed by atoms with Crippen molar-refractivity contribution >= 4 is 23.3 Å². The van der Waals surface area contributed by atoms with E-state index < -0.39 is 0 Å². The molecule has 0 fully saturated rings. The largest absolute Gasteiger partial charge is 0.386 e. The van der Waals surface area contributed by atoms with Crippen molar-refractivity contribution in [2.45, 2.75) is 19.9 Å². The van der Waals surface area contributed by atoms with E-state index in [9.17, 15) is 0 Å². The van der Waals surface area contributed by atoms with Crippen LogP contribution in [-0.2, 0) is 13.0 Å². The molecular formula is C12H19N3S. The number of aliphatic imine (C=N–C) groups is 1. The summed E-state index contributed by atoms with van der Waals surface area (Å²) >= 11 is 1.67. The molecule has 0 aliphatic carbocycles. The van der Waals surface area contributed by atoms with Crippen molar-refractivity contribution in [2.24, 2.45) is 16.5 Å². The van der Waals surface area contributed by atoms with Crippen LogP contribution in [-0.4, -0.2) is 17.8 Å². The van der Waals surface area contributed by atoms with E-state index in [2.05, 4.69) is 18.0 Å². The summed E-state index contributed by atoms with van der Waals surface area (Å²) in [6.45, 7) is 2.68. The van der Waals surface area contributed by atoms with Gasteiger partial charge in [0.2, 0.25) is 0 Å². The Morgan fingerprint density at radius 3 is 2.69 bits per heavy atom. The zero-order chi connectivity index (χ0) is 12.0. The van der Waals surface area contributed by atoms with Crippen molar-refractivity contribution in [1.82, 2.24) is 0 Å². The number of amidine groups is 1. The summed E-state index contributed by atoms with van der Waals surface area (Å²) in [5.74, 6) is 1.41. The highest BCUT2D eigenvalue weighted by Crippen LogP contribution is 2.19. The molecule has 0 saturated carbocycles. The van der Waals surface area contributed by atoms with Crippen LogP contribution in [0.4, 0.5) is 5.69 Å². The molecular weight excluding hydrogens is 218 g/mol. The Morgan fingerprint density at radius 1 is 1.38 bits per heavy atom. The third-order valence-corrected chi connectivity index (χ3v) is 2.94. The van der Waals surface area contributed by atoms with Crippen molar-refractivity contribution < 1.29 is 0 Å². The average molecular weight is 237 g/mol. The third kappa shape index (κ3) is 3.54. The first kappa shape index (κ1) is 13.1. The minimum absolute atomic E-state index is 0.551. The molecule has 4 heteroatoms. The molecule has 16 heavy (non-hydrogen) atoms. The molecule has 1 aromatic rings. The van der Waals surface area contributed by atoms with Gasteiger partial charge >= 0.3 is 0 Å². The quantitative estimate of drug-likeness (QED) is 0.608. The van der Waals surface area contributed by atoms with E-state index in [1.54, 1.807) is 11.8 Å². The lowest BCUT2D eigenvalue weighted by Gasteiger charge is -2.06. The second-order valence-corrected chi connectivity index (χ2v) is 4.41. The van der Waals surface area contributed by atoms with Gasteiger partial charge in [-0.2, -0.15) is 11.8 Å². The predicted octanol–water partition coefficient (Wildman–Crippen LogP) is 2.06. The fourth-order valence-corrected chi connectivity index (χ4v) is 1.92. The van der Waals surface area contributed by atoms with E-state index >= 15 is 0 Å². The fraction of sp³-hybridized carbons (Fsp3) is 0.417. The maximum absolute atomic E-state index is 5.78. The minimum atomic E-state index is 0.551. The van der Waals surface area contributed by atoms with Gasteiger partial charge in [-0.15, -0.1) is 0 Å². The van der Waals surface area contributed by atoms with Crippen LogP contribution in [0.2, 0.25) is 0 Å². The van der Waals surface area contributed by atoms with Crippen molar-refractivity contribution in [3.63, 3.8) is 0 Å². The van der Waals surface area contributed by atoms with Gasteiger partial charge in [0.25, 0.3) is 0 Å². The Kier molecular flexibility index (Phi) is 5.35. The molecule has 0 spiro atoms. The zero-order valence-corrected chi connectivity index (χ0v) is 10.7. The van der Waals surface area contributed by atoms with E-state index in [1.165, 1.54) is 5.56 Å². The van der Waals surface area contributed by atoms with Gasteiger partial charge in [-0.1, -0.05) is 13.0 Å². The van der Waals surface area contributed by atoms with E-state index in [1.807, 2.05) is 18.4 Å². The molecule has 1 rings (SSSR count). The molecule has 0 heterocycles. The van der Waals surface area contributed by atoms with Gasteiger partial charge in [-0.05, 0) is 35.9 Å². The third-order valence-electron chi connectivity index (χ3n) is 2.36. The Bertz CT molecular complexity index is 375. The van der Waals surface area contributed by atoms with Crippen LogP contribution in [0.5, 0.6) is 0 Å². The van der Waals surface area contributed by atoms with Gasteiger partial charge in [0.1, 0.15) is 5.84 Å². The van der Waals surface area contributed by atoms with Crippen LogP contribution in [0.3, 0.4) is 0 Å². The normalized spacial score (nSPS) is 11.8. The summed E-state index contributed by atoms with van der Waals surface area (Å²) < 4.78 is 0. The van der Waals surface area contributed by atoms with Gasteiger partial charge in [-0.3, -0.25) is 0 Å². The van der Waals surface area contributed by atoms with E-state index in [0.717, 1.165) is 23.4 Å². The van der Waals surface area contributed by atoms with Crippen molar-refractivity contribution in [2.75, 3.05) is 12.0 Å². The number of nitrogens with two attached hydrogens (primary N) is 2. The predicted molar refractivity (Wildman–Crippen MR) is 73.4 cm³/mol. The number of rotatable bonds is 5. The molecule has 0 unspecified atom stereocenters. The maximum Gasteiger partial charge on any atom is 0.110 e. The second-order valence-electron chi connectivity index (χ2n) is 3.55. The monoisotopic (exact) mass is 237 g/mol. The molecule has 4 N–H and O–H groups in total. The van der Waals surface area contributed by atoms with Crippen molar-refractivity contribution in [3.05, 3.63) is 29.3 Å². The number of nitrogens with zero attached hydrogens (tertiary/aromatic N) is 1. The van der Waals surface area contributed by atoms with Gasteiger partial charge in [-0.25, -0.2) is 4.99 Å². The Balaban J connectivity index is 2.94. The molecule has 0 saturated heterocycles. The molecule has 0 aromatic heterocycles. The first-order valence-electron chi connectivity index (χ1n) is 5.35. The first-order valence-corrected chi connectivity index (χ1v) is 6.74. The highest BCUT2D eigenvalue weighted by atomic mass is 32.2. The van der Waals surface area contributed by atoms with Gasteiger partial charge in [0.05, 0.1) is 11.4 Å². The topological polar surface area (TPSA) is 64.4 Å². The van der Waals surface area contributed by atoms with Gasteiger partial charge in [0, 0.05) is 6.54 Å². The number of benzene rings is 1. The lowest BCUT2D eigenvalue weighted by atomic mass is 10.0. The zero-order valence-electron chi connectivity index (χ0n) is 9.86. The van der Waals surface area contributed by atoms with Crippen LogP contribution < -0.4 is 11.5 Å². The Morgan fingerprint density at radius 2 is 2.12 bits per heavy atom. The standard InChI is InChI=1S/C12H19N3S/c1-3-9-4-5-11(6-10(9)7-13)15-12(14)8-16-2/h4-6H,3,7-8,13H2,1-2H3,(H2,14,15). The molecule has 0 amide bonds. The summed E-state index contributed by atoms with van der Waals surface area (Å²) in [5.41, 5.74) is 14.8. The Labute approximate surface area is 101 Å². The number of thioether (sulfide) groups is 1. The summed E-state index contributed by atoms with van der Waals surface area (Å²) in [6.07, 6.45) is 3.00. The molecule has 3 nitrogen and oxygen atoms in total. The van der Waals surface area contributed by atoms with Crippen LogP contribution in [0.1, 0.15) is 18.1 Å². The van der Waals surface area contributed by atoms with E-state index in [4.69, 9.17) is 11.5 Å². The van der Waals surface area contributed by atoms with Crippen molar-refractivity contribution in [1.29, 1.82) is 0 Å². The Hall–Kier alpha value is -1.00. The smallest absolute Gasteiger partial charge is 0.110 e. The molecule has 88 valence electrons. The van der Waals surface area contributed by atoms with Crippen LogP contribution in [0, 0.1) is 0 Å². The summed E-state index contributed by atoms with van der Waals surface area (Å²) in [4.78, 5) is 4.35. The van der Waals surface area contributed by atoms with Crippen LogP contribution in [0.25, 0.3) is 0 Å². The van der Waals surface area contributed by atoms with E-state index in [0.29, 0.717) is 12.4 Å². The molecule has 0 aliphatic rings. The van der Waals surface area contributed by atoms with Gasteiger partial charge < -0.3 is 11.5 Å². The average Bonchev–Trinajstić information content (AvgIpc) is 2.29. The lowest BCUT2D eigenvalue weighted by molar-refractivity contribution is 1.00. The minimum Gasteiger partial charge on any atom is -0.386 e. The maximum atomic E-state index is 5.78. The highest BCUT2D eigenvalue weighted by molar-refractivity contribution is 7.99.